The summed E-state index contributed by atoms with van der Waals surface area (Å²) in [5.74, 6) is -0.902. The number of halogens is 3. The molecule has 0 atom stereocenters. The minimum Gasteiger partial charge on any atom is -0.378 e. The van der Waals surface area contributed by atoms with E-state index in [2.05, 4.69) is 5.32 Å². The van der Waals surface area contributed by atoms with Crippen LogP contribution in [-0.2, 0) is 6.54 Å². The number of hydrogen-bond acceptors (Lipinski definition) is 1. The van der Waals surface area contributed by atoms with Crippen LogP contribution >= 0.6 is 11.6 Å². The van der Waals surface area contributed by atoms with Gasteiger partial charge in [-0.2, -0.15) is 0 Å². The molecule has 100 valence electrons. The maximum Gasteiger partial charge on any atom is 0.146 e. The quantitative estimate of drug-likeness (QED) is 0.848. The number of aryl methyl sites for hydroxylation is 2. The summed E-state index contributed by atoms with van der Waals surface area (Å²) in [6.07, 6.45) is 0. The van der Waals surface area contributed by atoms with Gasteiger partial charge < -0.3 is 5.32 Å². The Bertz CT molecular complexity index is 611. The monoisotopic (exact) mass is 281 g/mol. The van der Waals surface area contributed by atoms with Gasteiger partial charge in [0.05, 0.1) is 5.69 Å². The normalized spacial score (nSPS) is 10.6. The van der Waals surface area contributed by atoms with Gasteiger partial charge in [0.15, 0.2) is 0 Å². The summed E-state index contributed by atoms with van der Waals surface area (Å²) < 4.78 is 27.0. The third kappa shape index (κ3) is 3.24. The molecule has 4 heteroatoms. The van der Waals surface area contributed by atoms with Crippen molar-refractivity contribution in [3.8, 4) is 0 Å². The van der Waals surface area contributed by atoms with Crippen LogP contribution in [0.1, 0.15) is 16.7 Å². The molecule has 1 N–H and O–H groups in total. The van der Waals surface area contributed by atoms with E-state index in [1.54, 1.807) is 0 Å². The molecule has 1 nitrogen and oxygen atoms in total. The molecule has 2 rings (SSSR count). The van der Waals surface area contributed by atoms with Crippen molar-refractivity contribution in [3.05, 3.63) is 63.7 Å². The Labute approximate surface area is 116 Å². The summed E-state index contributed by atoms with van der Waals surface area (Å²) in [4.78, 5) is 0. The third-order valence-electron chi connectivity index (χ3n) is 2.93. The maximum absolute atomic E-state index is 13.6. The summed E-state index contributed by atoms with van der Waals surface area (Å²) in [7, 11) is 0. The fourth-order valence-electron chi connectivity index (χ4n) is 1.77. The first kappa shape index (κ1) is 13.8. The summed E-state index contributed by atoms with van der Waals surface area (Å²) in [5.41, 5.74) is 2.32. The molecule has 0 bridgehead atoms. The third-order valence-corrected chi connectivity index (χ3v) is 3.28. The van der Waals surface area contributed by atoms with Crippen LogP contribution in [0.15, 0.2) is 30.3 Å². The SMILES string of the molecule is Cc1ccc(CNc2cc(F)c(C)cc2F)c(Cl)c1. The molecule has 0 heterocycles. The molecule has 0 saturated heterocycles. The Hall–Kier alpha value is -1.61. The van der Waals surface area contributed by atoms with E-state index < -0.39 is 11.6 Å². The van der Waals surface area contributed by atoms with Crippen molar-refractivity contribution < 1.29 is 8.78 Å². The Morgan fingerprint density at radius 3 is 2.47 bits per heavy atom. The van der Waals surface area contributed by atoms with Gasteiger partial charge in [-0.25, -0.2) is 8.78 Å². The van der Waals surface area contributed by atoms with Crippen molar-refractivity contribution >= 4 is 17.3 Å². The van der Waals surface area contributed by atoms with E-state index in [-0.39, 0.29) is 11.3 Å². The Morgan fingerprint density at radius 2 is 1.79 bits per heavy atom. The number of anilines is 1. The van der Waals surface area contributed by atoms with Crippen LogP contribution in [0.25, 0.3) is 0 Å². The van der Waals surface area contributed by atoms with E-state index in [4.69, 9.17) is 11.6 Å². The molecule has 0 fully saturated rings. The molecule has 0 unspecified atom stereocenters. The zero-order valence-electron chi connectivity index (χ0n) is 10.7. The topological polar surface area (TPSA) is 12.0 Å². The lowest BCUT2D eigenvalue weighted by Gasteiger charge is -2.10. The van der Waals surface area contributed by atoms with Crippen LogP contribution in [0.3, 0.4) is 0 Å². The van der Waals surface area contributed by atoms with Crippen molar-refractivity contribution in [1.82, 2.24) is 0 Å². The second kappa shape index (κ2) is 5.57. The molecule has 19 heavy (non-hydrogen) atoms. The summed E-state index contributed by atoms with van der Waals surface area (Å²) in [6.45, 7) is 3.82. The molecule has 0 spiro atoms. The van der Waals surface area contributed by atoms with Crippen molar-refractivity contribution in [2.75, 3.05) is 5.32 Å². The highest BCUT2D eigenvalue weighted by Crippen LogP contribution is 2.22. The lowest BCUT2D eigenvalue weighted by molar-refractivity contribution is 0.594. The lowest BCUT2D eigenvalue weighted by Crippen LogP contribution is -2.03. The molecule has 0 saturated carbocycles. The number of benzene rings is 2. The van der Waals surface area contributed by atoms with Crippen LogP contribution in [-0.4, -0.2) is 0 Å². The highest BCUT2D eigenvalue weighted by atomic mass is 35.5. The molecular formula is C15H14ClF2N. The molecule has 2 aromatic carbocycles. The zero-order chi connectivity index (χ0) is 14.0. The number of nitrogens with one attached hydrogen (secondary N) is 1. The molecule has 0 aliphatic rings. The van der Waals surface area contributed by atoms with Crippen LogP contribution in [0.2, 0.25) is 5.02 Å². The van der Waals surface area contributed by atoms with Gasteiger partial charge in [0.1, 0.15) is 11.6 Å². The van der Waals surface area contributed by atoms with Crippen LogP contribution in [0.5, 0.6) is 0 Å². The van der Waals surface area contributed by atoms with Crippen molar-refractivity contribution in [2.24, 2.45) is 0 Å². The van der Waals surface area contributed by atoms with E-state index in [0.717, 1.165) is 17.2 Å². The van der Waals surface area contributed by atoms with Gasteiger partial charge in [-0.1, -0.05) is 23.7 Å². The fourth-order valence-corrected chi connectivity index (χ4v) is 2.07. The van der Waals surface area contributed by atoms with Gasteiger partial charge in [-0.15, -0.1) is 0 Å². The van der Waals surface area contributed by atoms with E-state index in [0.29, 0.717) is 11.6 Å². The highest BCUT2D eigenvalue weighted by molar-refractivity contribution is 6.31. The second-order valence-corrected chi connectivity index (χ2v) is 4.94. The van der Waals surface area contributed by atoms with Gasteiger partial charge in [-0.3, -0.25) is 0 Å². The van der Waals surface area contributed by atoms with Gasteiger partial charge in [0.2, 0.25) is 0 Å². The fraction of sp³-hybridized carbons (Fsp3) is 0.200. The van der Waals surface area contributed by atoms with Gasteiger partial charge in [0, 0.05) is 17.6 Å². The Morgan fingerprint density at radius 1 is 1.05 bits per heavy atom. The summed E-state index contributed by atoms with van der Waals surface area (Å²) in [6, 6.07) is 7.97. The predicted molar refractivity (Wildman–Crippen MR) is 74.6 cm³/mol. The molecule has 2 aromatic rings. The lowest BCUT2D eigenvalue weighted by atomic mass is 10.1. The van der Waals surface area contributed by atoms with E-state index in [1.165, 1.54) is 13.0 Å². The minimum absolute atomic E-state index is 0.139. The zero-order valence-corrected chi connectivity index (χ0v) is 11.5. The molecule has 0 aliphatic carbocycles. The van der Waals surface area contributed by atoms with Gasteiger partial charge in [0.25, 0.3) is 0 Å². The van der Waals surface area contributed by atoms with Gasteiger partial charge in [-0.05, 0) is 42.7 Å². The van der Waals surface area contributed by atoms with E-state index in [9.17, 15) is 8.78 Å². The molecule has 0 aromatic heterocycles. The average Bonchev–Trinajstić information content (AvgIpc) is 2.34. The largest absolute Gasteiger partial charge is 0.378 e. The number of hydrogen-bond donors (Lipinski definition) is 1. The number of rotatable bonds is 3. The smallest absolute Gasteiger partial charge is 0.146 e. The molecule has 0 radical (unpaired) electrons. The van der Waals surface area contributed by atoms with E-state index in [1.807, 2.05) is 25.1 Å². The first-order valence-corrected chi connectivity index (χ1v) is 6.29. The summed E-state index contributed by atoms with van der Waals surface area (Å²) >= 11 is 6.08. The van der Waals surface area contributed by atoms with Gasteiger partial charge >= 0.3 is 0 Å². The average molecular weight is 282 g/mol. The first-order valence-electron chi connectivity index (χ1n) is 5.92. The highest BCUT2D eigenvalue weighted by Gasteiger charge is 2.08. The molecule has 0 amide bonds. The van der Waals surface area contributed by atoms with Crippen LogP contribution in [0.4, 0.5) is 14.5 Å². The Balaban J connectivity index is 2.16. The molecular weight excluding hydrogens is 268 g/mol. The maximum atomic E-state index is 13.6. The van der Waals surface area contributed by atoms with Crippen molar-refractivity contribution in [3.63, 3.8) is 0 Å². The van der Waals surface area contributed by atoms with Crippen LogP contribution in [0, 0.1) is 25.5 Å². The minimum atomic E-state index is -0.470. The molecule has 0 aliphatic heterocycles. The first-order chi connectivity index (χ1) is 8.97. The predicted octanol–water partition coefficient (Wildman–Crippen LogP) is 4.85. The Kier molecular flexibility index (Phi) is 4.05. The standard InChI is InChI=1S/C15H14ClF2N/c1-9-3-4-11(12(16)5-9)8-19-15-7-13(17)10(2)6-14(15)18/h3-7,19H,8H2,1-2H3. The second-order valence-electron chi connectivity index (χ2n) is 4.53. The van der Waals surface area contributed by atoms with Crippen molar-refractivity contribution in [1.29, 1.82) is 0 Å². The van der Waals surface area contributed by atoms with E-state index >= 15 is 0 Å². The van der Waals surface area contributed by atoms with Crippen LogP contribution < -0.4 is 5.32 Å². The summed E-state index contributed by atoms with van der Waals surface area (Å²) in [5, 5.41) is 3.47. The van der Waals surface area contributed by atoms with Crippen molar-refractivity contribution in [2.45, 2.75) is 20.4 Å².